The Morgan fingerprint density at radius 2 is 0.917 bits per heavy atom. The summed E-state index contributed by atoms with van der Waals surface area (Å²) in [4.78, 5) is 0. The summed E-state index contributed by atoms with van der Waals surface area (Å²) in [6, 6.07) is 5.48. The molecule has 1 nitrogen and oxygen atoms in total. The van der Waals surface area contributed by atoms with Crippen molar-refractivity contribution < 1.29 is 39.5 Å². The molecule has 0 aliphatic heterocycles. The summed E-state index contributed by atoms with van der Waals surface area (Å²) in [5.74, 6) is -15.2. The van der Waals surface area contributed by atoms with Gasteiger partial charge in [-0.25, -0.2) is 35.1 Å². The second-order valence-electron chi connectivity index (χ2n) is 13.9. The van der Waals surface area contributed by atoms with Gasteiger partial charge in [0.05, 0.1) is 29.6 Å². The van der Waals surface area contributed by atoms with Gasteiger partial charge in [-0.05, 0) is 17.6 Å². The lowest BCUT2D eigenvalue weighted by Gasteiger charge is -2.38. The number of halogens is 8. The van der Waals surface area contributed by atoms with Gasteiger partial charge in [0.15, 0.2) is 40.7 Å². The lowest BCUT2D eigenvalue weighted by Crippen LogP contribution is -2.46. The summed E-state index contributed by atoms with van der Waals surface area (Å²) in [5.41, 5.74) is -0.172. The van der Waals surface area contributed by atoms with Gasteiger partial charge in [0, 0.05) is 16.8 Å². The second kappa shape index (κ2) is 15.6. The maximum absolute atomic E-state index is 16.5. The van der Waals surface area contributed by atoms with Gasteiger partial charge in [-0.3, -0.25) is 0 Å². The van der Waals surface area contributed by atoms with Crippen molar-refractivity contribution in [1.82, 2.24) is 0 Å². The molecule has 0 fully saturated rings. The predicted molar refractivity (Wildman–Crippen MR) is 186 cm³/mol. The van der Waals surface area contributed by atoms with E-state index in [4.69, 9.17) is 4.43 Å². The van der Waals surface area contributed by atoms with Crippen molar-refractivity contribution in [3.05, 3.63) is 52.6 Å². The Morgan fingerprint density at radius 3 is 1.38 bits per heavy atom. The number of unbranched alkanes of at least 4 members (excludes halogenated alkanes) is 6. The topological polar surface area (TPSA) is 9.23 Å². The van der Waals surface area contributed by atoms with E-state index >= 15 is 26.3 Å². The Bertz CT molecular complexity index is 1640. The smallest absolute Gasteiger partial charge is 0.254 e. The highest BCUT2D eigenvalue weighted by Gasteiger charge is 2.43. The fraction of sp³-hybridized carbons (Fsp3) is 0.568. The highest BCUT2D eigenvalue weighted by molar-refractivity contribution is 6.80. The van der Waals surface area contributed by atoms with E-state index in [9.17, 15) is 8.78 Å². The fourth-order valence-corrected chi connectivity index (χ4v) is 15.6. The summed E-state index contributed by atoms with van der Waals surface area (Å²) in [5, 5.41) is -6.81. The normalized spacial score (nSPS) is 13.9. The minimum absolute atomic E-state index is 0.0909. The van der Waals surface area contributed by atoms with Gasteiger partial charge >= 0.3 is 0 Å². The molecule has 0 saturated carbocycles. The summed E-state index contributed by atoms with van der Waals surface area (Å²) in [6.45, 7) is 12.6. The molecular weight excluding hydrogens is 669 g/mol. The zero-order valence-corrected chi connectivity index (χ0v) is 31.0. The zero-order chi connectivity index (χ0) is 35.6. The number of benzene rings is 4. The average molecular weight is 717 g/mol. The summed E-state index contributed by atoms with van der Waals surface area (Å²) >= 11 is 0. The molecule has 48 heavy (non-hydrogen) atoms. The third-order valence-electron chi connectivity index (χ3n) is 11.2. The molecule has 0 amide bonds. The first kappa shape index (κ1) is 38.4. The van der Waals surface area contributed by atoms with Crippen molar-refractivity contribution in [3.8, 4) is 5.75 Å². The van der Waals surface area contributed by atoms with E-state index in [2.05, 4.69) is 27.7 Å². The van der Waals surface area contributed by atoms with Crippen molar-refractivity contribution in [2.45, 2.75) is 135 Å². The van der Waals surface area contributed by atoms with Crippen molar-refractivity contribution >= 4 is 48.7 Å². The van der Waals surface area contributed by atoms with Crippen LogP contribution in [-0.4, -0.2) is 16.4 Å². The third kappa shape index (κ3) is 6.83. The standard InChI is InChI=1S/C37H48F8OSi2/c1-7-11-12-13-14-15-16-19-48(22(5)6,20-17-18-47(8-2,9-3)10-4)46-37-35(44)29-28-27-25(31(40)33(29)42)23(38)21-24(39)26(27)32(41)34(43)30(28)36(37)45/h21-22H,7-20H2,1-6H3. The van der Waals surface area contributed by atoms with Gasteiger partial charge in [0.25, 0.3) is 8.32 Å². The molecule has 0 spiro atoms. The SMILES string of the molecule is CCCCCCCCC[Si](CCC[Si](CC)(CC)CC)(Oc1c(F)c2c(F)c(F)c3c(F)cc(F)c4c(F)c(F)c(c1F)c2c34)C(C)C. The van der Waals surface area contributed by atoms with E-state index < -0.39 is 101 Å². The molecule has 4 rings (SSSR count). The Labute approximate surface area is 280 Å². The van der Waals surface area contributed by atoms with E-state index in [0.29, 0.717) is 12.1 Å². The minimum atomic E-state index is -3.17. The maximum atomic E-state index is 16.5. The van der Waals surface area contributed by atoms with Crippen LogP contribution >= 0.6 is 0 Å². The van der Waals surface area contributed by atoms with E-state index in [-0.39, 0.29) is 11.6 Å². The van der Waals surface area contributed by atoms with E-state index in [0.717, 1.165) is 75.5 Å². The Balaban J connectivity index is 1.90. The molecule has 0 saturated heterocycles. The minimum Gasteiger partial charge on any atom is -0.539 e. The van der Waals surface area contributed by atoms with Crippen LogP contribution in [0.1, 0.15) is 92.9 Å². The van der Waals surface area contributed by atoms with Gasteiger partial charge in [0.1, 0.15) is 11.6 Å². The molecular formula is C37H48F8OSi2. The molecule has 0 aliphatic carbocycles. The van der Waals surface area contributed by atoms with Crippen molar-refractivity contribution in [1.29, 1.82) is 0 Å². The Hall–Kier alpha value is -2.41. The van der Waals surface area contributed by atoms with Gasteiger partial charge in [-0.15, -0.1) is 0 Å². The quantitative estimate of drug-likeness (QED) is 0.0431. The van der Waals surface area contributed by atoms with Gasteiger partial charge in [0.2, 0.25) is 0 Å². The van der Waals surface area contributed by atoms with Crippen molar-refractivity contribution in [3.63, 3.8) is 0 Å². The predicted octanol–water partition coefficient (Wildman–Crippen LogP) is 14.1. The van der Waals surface area contributed by atoms with Gasteiger partial charge in [-0.1, -0.05) is 117 Å². The number of hydrogen-bond acceptors (Lipinski definition) is 1. The number of hydrogen-bond donors (Lipinski definition) is 0. The molecule has 4 aromatic carbocycles. The average Bonchev–Trinajstić information content (AvgIpc) is 3.05. The number of rotatable bonds is 18. The first-order chi connectivity index (χ1) is 22.8. The van der Waals surface area contributed by atoms with Crippen LogP contribution in [0.5, 0.6) is 5.75 Å². The van der Waals surface area contributed by atoms with Crippen LogP contribution in [0.2, 0.25) is 41.8 Å². The lowest BCUT2D eigenvalue weighted by atomic mass is 9.91. The van der Waals surface area contributed by atoms with Crippen LogP contribution in [0.15, 0.2) is 6.07 Å². The Morgan fingerprint density at radius 1 is 0.500 bits per heavy atom. The van der Waals surface area contributed by atoms with Crippen LogP contribution in [0.4, 0.5) is 35.1 Å². The molecule has 0 bridgehead atoms. The first-order valence-electron chi connectivity index (χ1n) is 17.6. The molecule has 4 aromatic rings. The van der Waals surface area contributed by atoms with Crippen LogP contribution in [0.3, 0.4) is 0 Å². The van der Waals surface area contributed by atoms with E-state index in [1.807, 2.05) is 13.8 Å². The van der Waals surface area contributed by atoms with Crippen LogP contribution in [0, 0.1) is 46.5 Å². The molecule has 0 radical (unpaired) electrons. The van der Waals surface area contributed by atoms with Crippen LogP contribution in [0.25, 0.3) is 32.3 Å². The van der Waals surface area contributed by atoms with E-state index in [1.165, 1.54) is 0 Å². The largest absolute Gasteiger partial charge is 0.539 e. The molecule has 0 heterocycles. The molecule has 0 aromatic heterocycles. The van der Waals surface area contributed by atoms with Crippen molar-refractivity contribution in [2.75, 3.05) is 0 Å². The van der Waals surface area contributed by atoms with Crippen LogP contribution < -0.4 is 4.43 Å². The fourth-order valence-electron chi connectivity index (χ4n) is 7.71. The van der Waals surface area contributed by atoms with Crippen molar-refractivity contribution in [2.24, 2.45) is 0 Å². The van der Waals surface area contributed by atoms with Crippen LogP contribution in [-0.2, 0) is 0 Å². The monoisotopic (exact) mass is 716 g/mol. The van der Waals surface area contributed by atoms with Gasteiger partial charge in [-0.2, -0.15) is 0 Å². The molecule has 1 unspecified atom stereocenters. The highest BCUT2D eigenvalue weighted by atomic mass is 28.4. The van der Waals surface area contributed by atoms with Gasteiger partial charge < -0.3 is 4.43 Å². The Kier molecular flexibility index (Phi) is 12.5. The second-order valence-corrected chi connectivity index (χ2v) is 24.0. The third-order valence-corrected chi connectivity index (χ3v) is 22.2. The zero-order valence-electron chi connectivity index (χ0n) is 29.0. The van der Waals surface area contributed by atoms with E-state index in [1.54, 1.807) is 0 Å². The summed E-state index contributed by atoms with van der Waals surface area (Å²) < 4.78 is 131. The molecule has 11 heteroatoms. The summed E-state index contributed by atoms with van der Waals surface area (Å²) in [7, 11) is -4.73. The first-order valence-corrected chi connectivity index (χ1v) is 22.9. The maximum Gasteiger partial charge on any atom is 0.254 e. The summed E-state index contributed by atoms with van der Waals surface area (Å²) in [6.07, 6.45) is 7.83. The molecule has 0 N–H and O–H groups in total. The molecule has 1 atom stereocenters. The molecule has 266 valence electrons. The molecule has 0 aliphatic rings. The lowest BCUT2D eigenvalue weighted by molar-refractivity contribution is 0.428. The highest BCUT2D eigenvalue weighted by Crippen LogP contribution is 2.49.